The number of carbonyl (C=O) groups is 2. The first kappa shape index (κ1) is 12.8. The Morgan fingerprint density at radius 2 is 1.84 bits per heavy atom. The van der Waals surface area contributed by atoms with Crippen LogP contribution in [0.25, 0.3) is 5.57 Å². The van der Waals surface area contributed by atoms with Crippen LogP contribution < -0.4 is 11.1 Å². The zero-order valence-corrected chi connectivity index (χ0v) is 10.4. The van der Waals surface area contributed by atoms with E-state index in [2.05, 4.69) is 5.32 Å². The third-order valence-electron chi connectivity index (χ3n) is 2.67. The lowest BCUT2D eigenvalue weighted by atomic mass is 9.93. The Labute approximate surface area is 110 Å². The number of hydrogen-bond acceptors (Lipinski definition) is 4. The quantitative estimate of drug-likeness (QED) is 0.548. The zero-order valence-electron chi connectivity index (χ0n) is 10.4. The van der Waals surface area contributed by atoms with Gasteiger partial charge in [0, 0.05) is 12.6 Å². The molecule has 0 saturated heterocycles. The summed E-state index contributed by atoms with van der Waals surface area (Å²) in [5.41, 5.74) is 7.44. The Morgan fingerprint density at radius 3 is 2.42 bits per heavy atom. The van der Waals surface area contributed by atoms with Crippen LogP contribution in [0.2, 0.25) is 0 Å². The summed E-state index contributed by atoms with van der Waals surface area (Å²) in [7, 11) is 0. The summed E-state index contributed by atoms with van der Waals surface area (Å²) in [5.74, 6) is -0.569. The fraction of sp³-hybridized carbons (Fsp3) is 0.0714. The van der Waals surface area contributed by atoms with Crippen molar-refractivity contribution < 1.29 is 9.59 Å². The number of nitrogens with one attached hydrogen (secondary N) is 2. The molecular weight excluding hydrogens is 242 g/mol. The van der Waals surface area contributed by atoms with Crippen LogP contribution in [0, 0.1) is 5.41 Å². The van der Waals surface area contributed by atoms with Crippen molar-refractivity contribution in [2.75, 3.05) is 5.73 Å². The summed E-state index contributed by atoms with van der Waals surface area (Å²) in [6.45, 7) is 1.34. The van der Waals surface area contributed by atoms with Crippen LogP contribution in [-0.4, -0.2) is 17.4 Å². The third kappa shape index (κ3) is 2.60. The van der Waals surface area contributed by atoms with Gasteiger partial charge in [0.05, 0.1) is 17.0 Å². The van der Waals surface area contributed by atoms with E-state index in [1.54, 1.807) is 24.3 Å². The van der Waals surface area contributed by atoms with Crippen LogP contribution in [0.15, 0.2) is 42.1 Å². The molecule has 5 heteroatoms. The van der Waals surface area contributed by atoms with Crippen molar-refractivity contribution in [3.63, 3.8) is 0 Å². The van der Waals surface area contributed by atoms with Gasteiger partial charge in [0.25, 0.3) is 0 Å². The average Bonchev–Trinajstić information content (AvgIpc) is 2.35. The maximum atomic E-state index is 12.0. The van der Waals surface area contributed by atoms with Crippen LogP contribution in [0.3, 0.4) is 0 Å². The van der Waals surface area contributed by atoms with Gasteiger partial charge in [-0.05, 0) is 29.8 Å². The highest BCUT2D eigenvalue weighted by molar-refractivity contribution is 6.36. The second kappa shape index (κ2) is 4.89. The van der Waals surface area contributed by atoms with Crippen molar-refractivity contribution in [3.05, 3.63) is 47.7 Å². The summed E-state index contributed by atoms with van der Waals surface area (Å²) >= 11 is 0. The molecule has 0 aliphatic heterocycles. The Balaban J connectivity index is 2.57. The van der Waals surface area contributed by atoms with E-state index in [4.69, 9.17) is 11.1 Å². The monoisotopic (exact) mass is 255 g/mol. The molecule has 0 heterocycles. The molecule has 96 valence electrons. The highest BCUT2D eigenvalue weighted by Gasteiger charge is 2.22. The molecule has 0 spiro atoms. The second-order valence-electron chi connectivity index (χ2n) is 4.16. The summed E-state index contributed by atoms with van der Waals surface area (Å²) in [6, 6.07) is 6.72. The average molecular weight is 255 g/mol. The minimum Gasteiger partial charge on any atom is -0.399 e. The number of nitrogen functional groups attached to an aromatic ring is 1. The van der Waals surface area contributed by atoms with Gasteiger partial charge in [0.2, 0.25) is 5.91 Å². The van der Waals surface area contributed by atoms with Crippen LogP contribution in [-0.2, 0) is 9.59 Å². The van der Waals surface area contributed by atoms with Crippen molar-refractivity contribution in [1.82, 2.24) is 5.32 Å². The number of allylic oxidation sites excluding steroid dienone is 3. The predicted octanol–water partition coefficient (Wildman–Crippen LogP) is 1.27. The third-order valence-corrected chi connectivity index (χ3v) is 2.67. The Morgan fingerprint density at radius 1 is 1.21 bits per heavy atom. The van der Waals surface area contributed by atoms with E-state index in [1.807, 2.05) is 0 Å². The first-order valence-corrected chi connectivity index (χ1v) is 5.68. The maximum Gasteiger partial charge on any atom is 0.221 e. The van der Waals surface area contributed by atoms with Gasteiger partial charge in [-0.1, -0.05) is 12.1 Å². The molecule has 2 rings (SSSR count). The molecule has 0 fully saturated rings. The van der Waals surface area contributed by atoms with Crippen molar-refractivity contribution in [2.24, 2.45) is 0 Å². The molecule has 1 amide bonds. The second-order valence-corrected chi connectivity index (χ2v) is 4.16. The molecule has 1 aromatic carbocycles. The number of amides is 1. The maximum absolute atomic E-state index is 12.0. The van der Waals surface area contributed by atoms with Gasteiger partial charge < -0.3 is 11.1 Å². The van der Waals surface area contributed by atoms with E-state index in [0.29, 0.717) is 16.8 Å². The minimum atomic E-state index is -0.323. The van der Waals surface area contributed by atoms with Gasteiger partial charge in [-0.3, -0.25) is 15.0 Å². The van der Waals surface area contributed by atoms with Gasteiger partial charge in [-0.2, -0.15) is 0 Å². The molecule has 1 aliphatic rings. The number of carbonyl (C=O) groups excluding carboxylic acids is 2. The number of hydrogen-bond donors (Lipinski definition) is 3. The Hall–Kier alpha value is -2.69. The lowest BCUT2D eigenvalue weighted by molar-refractivity contribution is -0.118. The molecule has 0 unspecified atom stereocenters. The molecule has 5 nitrogen and oxygen atoms in total. The molecule has 0 bridgehead atoms. The van der Waals surface area contributed by atoms with E-state index in [1.165, 1.54) is 19.1 Å². The van der Waals surface area contributed by atoms with Crippen molar-refractivity contribution in [1.29, 1.82) is 5.41 Å². The van der Waals surface area contributed by atoms with E-state index in [0.717, 1.165) is 0 Å². The number of anilines is 1. The van der Waals surface area contributed by atoms with E-state index in [-0.39, 0.29) is 23.1 Å². The standard InChI is InChI=1S/C14H13N3O2/c1-8(18)17-14-11(16)6-7-12(19)13(14)9-2-4-10(15)5-3-9/h2-7,16H,15H2,1H3,(H,17,18). The molecule has 19 heavy (non-hydrogen) atoms. The number of rotatable bonds is 2. The molecule has 1 aromatic rings. The SMILES string of the molecule is CC(=O)NC1=C(c2ccc(N)cc2)C(=O)C=CC1=N. The fourth-order valence-corrected chi connectivity index (χ4v) is 1.83. The van der Waals surface area contributed by atoms with Gasteiger partial charge in [-0.25, -0.2) is 0 Å². The zero-order chi connectivity index (χ0) is 14.0. The molecule has 0 atom stereocenters. The van der Waals surface area contributed by atoms with Crippen LogP contribution in [0.1, 0.15) is 12.5 Å². The topological polar surface area (TPSA) is 96.0 Å². The fourth-order valence-electron chi connectivity index (χ4n) is 1.83. The smallest absolute Gasteiger partial charge is 0.221 e. The molecule has 0 aromatic heterocycles. The van der Waals surface area contributed by atoms with Crippen molar-refractivity contribution in [3.8, 4) is 0 Å². The van der Waals surface area contributed by atoms with Crippen molar-refractivity contribution >= 4 is 28.7 Å². The Bertz CT molecular complexity index is 625. The lowest BCUT2D eigenvalue weighted by Crippen LogP contribution is -2.28. The number of benzene rings is 1. The predicted molar refractivity (Wildman–Crippen MR) is 73.5 cm³/mol. The molecule has 0 radical (unpaired) electrons. The van der Waals surface area contributed by atoms with Gasteiger partial charge in [-0.15, -0.1) is 0 Å². The minimum absolute atomic E-state index is 0.0987. The first-order chi connectivity index (χ1) is 8.99. The van der Waals surface area contributed by atoms with Crippen molar-refractivity contribution in [2.45, 2.75) is 6.92 Å². The van der Waals surface area contributed by atoms with E-state index < -0.39 is 0 Å². The highest BCUT2D eigenvalue weighted by Crippen LogP contribution is 2.24. The normalized spacial score (nSPS) is 14.8. The lowest BCUT2D eigenvalue weighted by Gasteiger charge is -2.17. The number of nitrogens with two attached hydrogens (primary N) is 1. The molecule has 4 N–H and O–H groups in total. The highest BCUT2D eigenvalue weighted by atomic mass is 16.1. The summed E-state index contributed by atoms with van der Waals surface area (Å²) in [4.78, 5) is 23.2. The molecule has 0 saturated carbocycles. The van der Waals surface area contributed by atoms with Gasteiger partial charge in [0.1, 0.15) is 0 Å². The van der Waals surface area contributed by atoms with E-state index >= 15 is 0 Å². The van der Waals surface area contributed by atoms with Gasteiger partial charge >= 0.3 is 0 Å². The Kier molecular flexibility index (Phi) is 3.29. The largest absolute Gasteiger partial charge is 0.399 e. The first-order valence-electron chi connectivity index (χ1n) is 5.68. The summed E-state index contributed by atoms with van der Waals surface area (Å²) in [6.07, 6.45) is 2.69. The molecule has 1 aliphatic carbocycles. The molecular formula is C14H13N3O2. The number of ketones is 1. The summed E-state index contributed by atoms with van der Waals surface area (Å²) in [5, 5.41) is 10.4. The summed E-state index contributed by atoms with van der Waals surface area (Å²) < 4.78 is 0. The van der Waals surface area contributed by atoms with Crippen LogP contribution in [0.4, 0.5) is 5.69 Å². The van der Waals surface area contributed by atoms with Gasteiger partial charge in [0.15, 0.2) is 5.78 Å². The van der Waals surface area contributed by atoms with Crippen LogP contribution in [0.5, 0.6) is 0 Å². The van der Waals surface area contributed by atoms with E-state index in [9.17, 15) is 9.59 Å². The van der Waals surface area contributed by atoms with Crippen LogP contribution >= 0.6 is 0 Å².